The molecule has 1 unspecified atom stereocenters. The van der Waals surface area contributed by atoms with Gasteiger partial charge in [-0.15, -0.1) is 0 Å². The van der Waals surface area contributed by atoms with E-state index < -0.39 is 12.7 Å². The van der Waals surface area contributed by atoms with E-state index in [2.05, 4.69) is 25.9 Å². The van der Waals surface area contributed by atoms with Crippen molar-refractivity contribution in [3.05, 3.63) is 86.9 Å². The lowest BCUT2D eigenvalue weighted by molar-refractivity contribution is -0.124. The highest BCUT2D eigenvalue weighted by molar-refractivity contribution is 5.98. The Labute approximate surface area is 241 Å². The number of methoxy groups -OCH3 is 1. The van der Waals surface area contributed by atoms with Gasteiger partial charge < -0.3 is 30.1 Å². The van der Waals surface area contributed by atoms with E-state index >= 15 is 0 Å². The van der Waals surface area contributed by atoms with Crippen LogP contribution in [0, 0.1) is 20.8 Å². The minimum Gasteiger partial charge on any atom is -0.496 e. The number of amides is 1. The van der Waals surface area contributed by atoms with Crippen LogP contribution in [0.4, 0.5) is 13.2 Å². The molecule has 1 amide bonds. The first-order valence-corrected chi connectivity index (χ1v) is 13.5. The molecular formula is C30H35F3N6O3. The third-order valence-corrected chi connectivity index (χ3v) is 7.16. The normalized spacial score (nSPS) is 12.5. The SMILES string of the molecule is COc1cc(C)[nH]c(=O)c1CNC(=O)c1cc2c(-c3cccnc3C)ccn2c(C(C)NCCNCC(F)(F)F)c1C. The molecule has 224 valence electrons. The van der Waals surface area contributed by atoms with Crippen LogP contribution in [0.15, 0.2) is 47.5 Å². The zero-order valence-electron chi connectivity index (χ0n) is 24.2. The highest BCUT2D eigenvalue weighted by Crippen LogP contribution is 2.33. The lowest BCUT2D eigenvalue weighted by Gasteiger charge is -2.22. The number of pyridine rings is 3. The number of aryl methyl sites for hydroxylation is 2. The lowest BCUT2D eigenvalue weighted by atomic mass is 9.99. The number of aromatic nitrogens is 3. The lowest BCUT2D eigenvalue weighted by Crippen LogP contribution is -2.35. The van der Waals surface area contributed by atoms with Crippen molar-refractivity contribution in [2.75, 3.05) is 26.7 Å². The number of nitrogens with one attached hydrogen (secondary N) is 4. The van der Waals surface area contributed by atoms with Crippen molar-refractivity contribution in [2.24, 2.45) is 0 Å². The predicted octanol–water partition coefficient (Wildman–Crippen LogP) is 4.36. The number of rotatable bonds is 11. The quantitative estimate of drug-likeness (QED) is 0.195. The molecule has 4 aromatic heterocycles. The molecule has 4 heterocycles. The maximum atomic E-state index is 13.6. The fourth-order valence-electron chi connectivity index (χ4n) is 5.13. The number of carbonyl (C=O) groups is 1. The first kappa shape index (κ1) is 30.8. The van der Waals surface area contributed by atoms with Crippen LogP contribution in [0.25, 0.3) is 16.6 Å². The molecule has 9 nitrogen and oxygen atoms in total. The Kier molecular flexibility index (Phi) is 9.37. The second kappa shape index (κ2) is 12.8. The molecule has 0 spiro atoms. The molecule has 12 heteroatoms. The number of H-pyrrole nitrogens is 1. The average Bonchev–Trinajstić information content (AvgIpc) is 3.34. The van der Waals surface area contributed by atoms with Gasteiger partial charge >= 0.3 is 6.18 Å². The largest absolute Gasteiger partial charge is 0.496 e. The molecule has 0 aliphatic heterocycles. The van der Waals surface area contributed by atoms with Gasteiger partial charge in [0.05, 0.1) is 31.3 Å². The number of halogens is 3. The van der Waals surface area contributed by atoms with Gasteiger partial charge in [-0.1, -0.05) is 6.07 Å². The zero-order valence-corrected chi connectivity index (χ0v) is 24.2. The summed E-state index contributed by atoms with van der Waals surface area (Å²) in [5, 5.41) is 8.53. The van der Waals surface area contributed by atoms with Gasteiger partial charge in [0.25, 0.3) is 11.5 Å². The number of aromatic amines is 1. The van der Waals surface area contributed by atoms with Gasteiger partial charge in [0, 0.05) is 65.3 Å². The van der Waals surface area contributed by atoms with E-state index in [0.717, 1.165) is 28.0 Å². The Bertz CT molecular complexity index is 1640. The first-order chi connectivity index (χ1) is 19.9. The van der Waals surface area contributed by atoms with Crippen LogP contribution in [-0.2, 0) is 6.54 Å². The van der Waals surface area contributed by atoms with E-state index in [-0.39, 0.29) is 37.1 Å². The van der Waals surface area contributed by atoms with Gasteiger partial charge in [-0.05, 0) is 57.5 Å². The van der Waals surface area contributed by atoms with E-state index in [4.69, 9.17) is 4.74 Å². The summed E-state index contributed by atoms with van der Waals surface area (Å²) in [6.45, 7) is 6.66. The first-order valence-electron chi connectivity index (χ1n) is 13.5. The molecule has 0 saturated carbocycles. The Hall–Kier alpha value is -4.16. The second-order valence-electron chi connectivity index (χ2n) is 10.2. The van der Waals surface area contributed by atoms with Crippen molar-refractivity contribution in [3.63, 3.8) is 0 Å². The van der Waals surface area contributed by atoms with Gasteiger partial charge in [-0.25, -0.2) is 0 Å². The highest BCUT2D eigenvalue weighted by atomic mass is 19.4. The molecule has 4 aromatic rings. The van der Waals surface area contributed by atoms with E-state index in [9.17, 15) is 22.8 Å². The smallest absolute Gasteiger partial charge is 0.401 e. The van der Waals surface area contributed by atoms with E-state index in [1.54, 1.807) is 19.2 Å². The van der Waals surface area contributed by atoms with Crippen molar-refractivity contribution in [1.29, 1.82) is 0 Å². The van der Waals surface area contributed by atoms with Crippen LogP contribution >= 0.6 is 0 Å². The summed E-state index contributed by atoms with van der Waals surface area (Å²) in [5.74, 6) is -0.00493. The van der Waals surface area contributed by atoms with Gasteiger partial charge in [0.15, 0.2) is 0 Å². The summed E-state index contributed by atoms with van der Waals surface area (Å²) in [7, 11) is 1.46. The number of hydrogen-bond acceptors (Lipinski definition) is 6. The van der Waals surface area contributed by atoms with Gasteiger partial charge in [-0.3, -0.25) is 14.6 Å². The highest BCUT2D eigenvalue weighted by Gasteiger charge is 2.26. The van der Waals surface area contributed by atoms with E-state index in [1.807, 2.05) is 55.6 Å². The van der Waals surface area contributed by atoms with Gasteiger partial charge in [0.1, 0.15) is 5.75 Å². The molecular weight excluding hydrogens is 549 g/mol. The zero-order chi connectivity index (χ0) is 30.6. The fourth-order valence-corrected chi connectivity index (χ4v) is 5.13. The molecule has 0 saturated heterocycles. The van der Waals surface area contributed by atoms with Crippen LogP contribution in [0.2, 0.25) is 0 Å². The standard InChI is InChI=1S/C30H35F3N6O3/c1-17-13-26(42-5)24(29(41)38-17)15-37-28(40)23-14-25-22(21-7-6-9-35-19(21)3)8-12-39(25)27(18(23)2)20(4)36-11-10-34-16-30(31,32)33/h6-9,12-14,20,34,36H,10-11,15-16H2,1-5H3,(H,37,40)(H,38,41). The molecule has 0 aromatic carbocycles. The maximum absolute atomic E-state index is 13.6. The Balaban J connectivity index is 1.70. The molecule has 4 rings (SSSR count). The monoisotopic (exact) mass is 584 g/mol. The summed E-state index contributed by atoms with van der Waals surface area (Å²) in [6, 6.07) is 8.95. The molecule has 0 radical (unpaired) electrons. The number of carbonyl (C=O) groups excluding carboxylic acids is 1. The summed E-state index contributed by atoms with van der Waals surface area (Å²) in [5.41, 5.74) is 5.86. The van der Waals surface area contributed by atoms with Gasteiger partial charge in [-0.2, -0.15) is 13.2 Å². The van der Waals surface area contributed by atoms with Crippen LogP contribution in [-0.4, -0.2) is 53.2 Å². The van der Waals surface area contributed by atoms with Crippen LogP contribution in [0.1, 0.15) is 51.5 Å². The minimum atomic E-state index is -4.28. The third-order valence-electron chi connectivity index (χ3n) is 7.16. The Morgan fingerprint density at radius 1 is 1.14 bits per heavy atom. The molecule has 1 atom stereocenters. The Morgan fingerprint density at radius 3 is 2.60 bits per heavy atom. The minimum absolute atomic E-state index is 0.0498. The number of alkyl halides is 3. The summed E-state index contributed by atoms with van der Waals surface area (Å²) < 4.78 is 44.9. The average molecular weight is 585 g/mol. The van der Waals surface area contributed by atoms with Crippen LogP contribution in [0.3, 0.4) is 0 Å². The number of ether oxygens (including phenoxy) is 1. The number of fused-ring (bicyclic) bond motifs is 1. The summed E-state index contributed by atoms with van der Waals surface area (Å²) >= 11 is 0. The number of hydrogen-bond donors (Lipinski definition) is 4. The van der Waals surface area contributed by atoms with Crippen molar-refractivity contribution >= 4 is 11.4 Å². The molecule has 0 aliphatic rings. The van der Waals surface area contributed by atoms with Crippen molar-refractivity contribution in [1.82, 2.24) is 30.3 Å². The van der Waals surface area contributed by atoms with E-state index in [1.165, 1.54) is 7.11 Å². The molecule has 0 aliphatic carbocycles. The summed E-state index contributed by atoms with van der Waals surface area (Å²) in [4.78, 5) is 33.4. The molecule has 0 fully saturated rings. The van der Waals surface area contributed by atoms with Crippen LogP contribution < -0.4 is 26.2 Å². The predicted molar refractivity (Wildman–Crippen MR) is 155 cm³/mol. The number of nitrogens with zero attached hydrogens (tertiary/aromatic N) is 2. The fraction of sp³-hybridized carbons (Fsp3) is 0.367. The maximum Gasteiger partial charge on any atom is 0.401 e. The van der Waals surface area contributed by atoms with Gasteiger partial charge in [0.2, 0.25) is 0 Å². The van der Waals surface area contributed by atoms with Crippen LogP contribution in [0.5, 0.6) is 5.75 Å². The third kappa shape index (κ3) is 6.82. The van der Waals surface area contributed by atoms with Crippen molar-refractivity contribution < 1.29 is 22.7 Å². The Morgan fingerprint density at radius 2 is 1.90 bits per heavy atom. The second-order valence-corrected chi connectivity index (χ2v) is 10.2. The summed E-state index contributed by atoms with van der Waals surface area (Å²) in [6.07, 6.45) is -0.654. The van der Waals surface area contributed by atoms with Crippen molar-refractivity contribution in [2.45, 2.75) is 46.5 Å². The van der Waals surface area contributed by atoms with E-state index in [0.29, 0.717) is 28.1 Å². The van der Waals surface area contributed by atoms with Crippen molar-refractivity contribution in [3.8, 4) is 16.9 Å². The molecule has 4 N–H and O–H groups in total. The topological polar surface area (TPSA) is 113 Å². The molecule has 42 heavy (non-hydrogen) atoms. The molecule has 0 bridgehead atoms.